The molecule has 5 heteroatoms. The van der Waals surface area contributed by atoms with Gasteiger partial charge >= 0.3 is 0 Å². The zero-order valence-corrected chi connectivity index (χ0v) is 13.0. The monoisotopic (exact) mass is 292 g/mol. The summed E-state index contributed by atoms with van der Waals surface area (Å²) >= 11 is 0. The van der Waals surface area contributed by atoms with Gasteiger partial charge in [-0.2, -0.15) is 0 Å². The zero-order chi connectivity index (χ0) is 15.7. The quantitative estimate of drug-likeness (QED) is 0.614. The van der Waals surface area contributed by atoms with Crippen LogP contribution < -0.4 is 4.74 Å². The number of para-hydroxylation sites is 1. The molecule has 0 atom stereocenters. The molecule has 116 valence electrons. The number of carbonyl (C=O) groups excluding carboxylic acids is 2. The Morgan fingerprint density at radius 3 is 2.52 bits per heavy atom. The largest absolute Gasteiger partial charge is 0.491 e. The lowest BCUT2D eigenvalue weighted by Gasteiger charge is -2.22. The molecule has 1 aromatic carbocycles. The molecule has 0 fully saturated rings. The highest BCUT2D eigenvalue weighted by Gasteiger charge is 2.09. The summed E-state index contributed by atoms with van der Waals surface area (Å²) in [5.74, 6) is 0.888. The number of rotatable bonds is 10. The average molecular weight is 292 g/mol. The van der Waals surface area contributed by atoms with Crippen molar-refractivity contribution in [3.05, 3.63) is 29.8 Å². The second kappa shape index (κ2) is 9.13. The van der Waals surface area contributed by atoms with E-state index < -0.39 is 0 Å². The smallest absolute Gasteiger partial charge is 0.210 e. The number of benzene rings is 1. The molecule has 0 spiro atoms. The second-order valence-electron chi connectivity index (χ2n) is 5.28. The molecular formula is C16H24N2O3. The predicted molar refractivity (Wildman–Crippen MR) is 82.2 cm³/mol. The van der Waals surface area contributed by atoms with Crippen LogP contribution in [0.2, 0.25) is 0 Å². The summed E-state index contributed by atoms with van der Waals surface area (Å²) in [6.07, 6.45) is 1.58. The van der Waals surface area contributed by atoms with Crippen molar-refractivity contribution < 1.29 is 14.3 Å². The molecule has 0 radical (unpaired) electrons. The van der Waals surface area contributed by atoms with Gasteiger partial charge in [-0.05, 0) is 27.0 Å². The third-order valence-corrected chi connectivity index (χ3v) is 3.00. The molecular weight excluding hydrogens is 268 g/mol. The fourth-order valence-corrected chi connectivity index (χ4v) is 1.96. The third-order valence-electron chi connectivity index (χ3n) is 3.00. The first kappa shape index (κ1) is 17.2. The minimum absolute atomic E-state index is 0.134. The first-order valence-corrected chi connectivity index (χ1v) is 7.13. The van der Waals surface area contributed by atoms with E-state index in [2.05, 4.69) is 4.90 Å². The van der Waals surface area contributed by atoms with Gasteiger partial charge in [-0.25, -0.2) is 0 Å². The van der Waals surface area contributed by atoms with Gasteiger partial charge in [0.25, 0.3) is 0 Å². The Bertz CT molecular complexity index is 449. The van der Waals surface area contributed by atoms with Crippen molar-refractivity contribution in [1.29, 1.82) is 0 Å². The predicted octanol–water partition coefficient (Wildman–Crippen LogP) is 1.56. The van der Waals surface area contributed by atoms with E-state index in [-0.39, 0.29) is 12.6 Å². The maximum absolute atomic E-state index is 10.8. The highest BCUT2D eigenvalue weighted by molar-refractivity contribution is 5.59. The number of hydrogen-bond acceptors (Lipinski definition) is 4. The van der Waals surface area contributed by atoms with Crippen molar-refractivity contribution in [2.45, 2.75) is 26.5 Å². The van der Waals surface area contributed by atoms with E-state index >= 15 is 0 Å². The maximum Gasteiger partial charge on any atom is 0.210 e. The van der Waals surface area contributed by atoms with E-state index in [9.17, 15) is 9.59 Å². The van der Waals surface area contributed by atoms with Gasteiger partial charge in [0.1, 0.15) is 12.0 Å². The molecule has 0 saturated carbocycles. The van der Waals surface area contributed by atoms with Crippen LogP contribution in [0.4, 0.5) is 0 Å². The van der Waals surface area contributed by atoms with E-state index in [0.717, 1.165) is 24.1 Å². The van der Waals surface area contributed by atoms with Crippen molar-refractivity contribution in [1.82, 2.24) is 9.80 Å². The standard InChI is InChI=1S/C16H24N2O3/c1-14(2)21-16-7-5-4-6-15(16)12-17(3)8-9-18(13-20)10-11-19/h4-7,11,13-14H,8-10,12H2,1-3H3. The molecule has 0 aliphatic carbocycles. The molecule has 0 heterocycles. The highest BCUT2D eigenvalue weighted by Crippen LogP contribution is 2.20. The molecule has 5 nitrogen and oxygen atoms in total. The van der Waals surface area contributed by atoms with Gasteiger partial charge in [0, 0.05) is 25.2 Å². The van der Waals surface area contributed by atoms with E-state index in [4.69, 9.17) is 4.74 Å². The Labute approximate surface area is 126 Å². The topological polar surface area (TPSA) is 49.9 Å². The molecule has 0 unspecified atom stereocenters. The van der Waals surface area contributed by atoms with Crippen LogP contribution in [0.25, 0.3) is 0 Å². The molecule has 0 aromatic heterocycles. The highest BCUT2D eigenvalue weighted by atomic mass is 16.5. The van der Waals surface area contributed by atoms with Crippen LogP contribution in [0.1, 0.15) is 19.4 Å². The molecule has 0 N–H and O–H groups in total. The number of ether oxygens (including phenoxy) is 1. The first-order valence-electron chi connectivity index (χ1n) is 7.13. The molecule has 1 amide bonds. The number of amides is 1. The summed E-state index contributed by atoms with van der Waals surface area (Å²) in [6, 6.07) is 7.95. The Kier molecular flexibility index (Phi) is 7.46. The fraction of sp³-hybridized carbons (Fsp3) is 0.500. The van der Waals surface area contributed by atoms with Gasteiger partial charge in [0.05, 0.1) is 12.6 Å². The van der Waals surface area contributed by atoms with E-state index in [1.54, 1.807) is 0 Å². The molecule has 1 rings (SSSR count). The first-order chi connectivity index (χ1) is 10.1. The van der Waals surface area contributed by atoms with Crippen LogP contribution in [0.15, 0.2) is 24.3 Å². The number of hydrogen-bond donors (Lipinski definition) is 0. The summed E-state index contributed by atoms with van der Waals surface area (Å²) in [7, 11) is 1.98. The second-order valence-corrected chi connectivity index (χ2v) is 5.28. The zero-order valence-electron chi connectivity index (χ0n) is 13.0. The van der Waals surface area contributed by atoms with Crippen molar-refractivity contribution in [2.24, 2.45) is 0 Å². The van der Waals surface area contributed by atoms with Crippen molar-refractivity contribution >= 4 is 12.7 Å². The van der Waals surface area contributed by atoms with Gasteiger partial charge in [-0.15, -0.1) is 0 Å². The third kappa shape index (κ3) is 6.40. The Morgan fingerprint density at radius 1 is 1.19 bits per heavy atom. The van der Waals surface area contributed by atoms with Gasteiger partial charge in [0.15, 0.2) is 0 Å². The minimum atomic E-state index is 0.134. The maximum atomic E-state index is 10.8. The van der Waals surface area contributed by atoms with Gasteiger partial charge < -0.3 is 19.3 Å². The van der Waals surface area contributed by atoms with Gasteiger partial charge in [-0.3, -0.25) is 4.79 Å². The lowest BCUT2D eigenvalue weighted by Crippen LogP contribution is -2.33. The van der Waals surface area contributed by atoms with Crippen molar-refractivity contribution in [3.8, 4) is 5.75 Å². The summed E-state index contributed by atoms with van der Waals surface area (Å²) in [5, 5.41) is 0. The minimum Gasteiger partial charge on any atom is -0.491 e. The molecule has 0 bridgehead atoms. The molecule has 0 saturated heterocycles. The van der Waals surface area contributed by atoms with E-state index in [1.165, 1.54) is 4.90 Å². The Hall–Kier alpha value is -1.88. The Morgan fingerprint density at radius 2 is 1.90 bits per heavy atom. The normalized spacial score (nSPS) is 10.7. The van der Waals surface area contributed by atoms with E-state index in [1.807, 2.05) is 45.2 Å². The average Bonchev–Trinajstić information content (AvgIpc) is 2.45. The molecule has 21 heavy (non-hydrogen) atoms. The van der Waals surface area contributed by atoms with Crippen LogP contribution in [0, 0.1) is 0 Å². The number of likely N-dealkylation sites (N-methyl/N-ethyl adjacent to an activating group) is 1. The number of nitrogens with zero attached hydrogens (tertiary/aromatic N) is 2. The lowest BCUT2D eigenvalue weighted by atomic mass is 10.2. The van der Waals surface area contributed by atoms with Crippen LogP contribution in [-0.4, -0.2) is 55.3 Å². The summed E-state index contributed by atoms with van der Waals surface area (Å²) in [5.41, 5.74) is 1.11. The van der Waals surface area contributed by atoms with Gasteiger partial charge in [-0.1, -0.05) is 18.2 Å². The summed E-state index contributed by atoms with van der Waals surface area (Å²) < 4.78 is 5.79. The lowest BCUT2D eigenvalue weighted by molar-refractivity contribution is -0.121. The molecule has 0 aliphatic heterocycles. The Balaban J connectivity index is 2.56. The van der Waals surface area contributed by atoms with Gasteiger partial charge in [0.2, 0.25) is 6.41 Å². The molecule has 1 aromatic rings. The van der Waals surface area contributed by atoms with E-state index in [0.29, 0.717) is 19.5 Å². The summed E-state index contributed by atoms with van der Waals surface area (Å²) in [4.78, 5) is 24.8. The SMILES string of the molecule is CC(C)Oc1ccccc1CN(C)CCN(C=O)CC=O. The van der Waals surface area contributed by atoms with Crippen molar-refractivity contribution in [3.63, 3.8) is 0 Å². The van der Waals surface area contributed by atoms with Crippen LogP contribution >= 0.6 is 0 Å². The fourth-order valence-electron chi connectivity index (χ4n) is 1.96. The number of aldehydes is 1. The van der Waals surface area contributed by atoms with Crippen molar-refractivity contribution in [2.75, 3.05) is 26.7 Å². The molecule has 0 aliphatic rings. The summed E-state index contributed by atoms with van der Waals surface area (Å²) in [6.45, 7) is 6.11. The number of carbonyl (C=O) groups is 2. The van der Waals surface area contributed by atoms with Crippen LogP contribution in [-0.2, 0) is 16.1 Å². The van der Waals surface area contributed by atoms with Crippen LogP contribution in [0.3, 0.4) is 0 Å². The van der Waals surface area contributed by atoms with Crippen LogP contribution in [0.5, 0.6) is 5.75 Å².